The van der Waals surface area contributed by atoms with Gasteiger partial charge in [0.1, 0.15) is 11.4 Å². The van der Waals surface area contributed by atoms with Crippen LogP contribution in [0.25, 0.3) is 0 Å². The summed E-state index contributed by atoms with van der Waals surface area (Å²) in [6.07, 6.45) is 0. The van der Waals surface area contributed by atoms with Gasteiger partial charge in [-0.3, -0.25) is 0 Å². The van der Waals surface area contributed by atoms with Crippen LogP contribution >= 0.6 is 27.5 Å². The minimum absolute atomic E-state index is 0.120. The SMILES string of the molecule is CC(C)(C)OC(=O)COc1ccc(Cl)c(Br)c1. The monoisotopic (exact) mass is 320 g/mol. The van der Waals surface area contributed by atoms with E-state index in [-0.39, 0.29) is 6.61 Å². The maximum atomic E-state index is 11.4. The highest BCUT2D eigenvalue weighted by atomic mass is 79.9. The maximum Gasteiger partial charge on any atom is 0.344 e. The van der Waals surface area contributed by atoms with Gasteiger partial charge in [-0.25, -0.2) is 4.79 Å². The second kappa shape index (κ2) is 5.74. The molecule has 0 bridgehead atoms. The zero-order chi connectivity index (χ0) is 13.1. The van der Waals surface area contributed by atoms with E-state index < -0.39 is 11.6 Å². The van der Waals surface area contributed by atoms with Crippen molar-refractivity contribution in [3.05, 3.63) is 27.7 Å². The molecule has 1 rings (SSSR count). The van der Waals surface area contributed by atoms with Gasteiger partial charge in [-0.05, 0) is 54.9 Å². The number of hydrogen-bond acceptors (Lipinski definition) is 3. The van der Waals surface area contributed by atoms with E-state index in [0.717, 1.165) is 4.47 Å². The predicted molar refractivity (Wildman–Crippen MR) is 70.5 cm³/mol. The molecule has 0 heterocycles. The maximum absolute atomic E-state index is 11.4. The fourth-order valence-electron chi connectivity index (χ4n) is 1.08. The molecule has 1 aromatic carbocycles. The van der Waals surface area contributed by atoms with E-state index in [2.05, 4.69) is 15.9 Å². The smallest absolute Gasteiger partial charge is 0.344 e. The van der Waals surface area contributed by atoms with Crippen LogP contribution in [0, 0.1) is 0 Å². The molecule has 0 saturated carbocycles. The Balaban J connectivity index is 2.50. The van der Waals surface area contributed by atoms with Crippen molar-refractivity contribution in [3.8, 4) is 5.75 Å². The molecule has 0 amide bonds. The van der Waals surface area contributed by atoms with Crippen molar-refractivity contribution in [1.29, 1.82) is 0 Å². The lowest BCUT2D eigenvalue weighted by Gasteiger charge is -2.19. The predicted octanol–water partition coefficient (Wildman–Crippen LogP) is 3.82. The third-order valence-corrected chi connectivity index (χ3v) is 2.88. The van der Waals surface area contributed by atoms with E-state index in [0.29, 0.717) is 10.8 Å². The lowest BCUT2D eigenvalue weighted by Crippen LogP contribution is -2.27. The highest BCUT2D eigenvalue weighted by Gasteiger charge is 2.16. The fraction of sp³-hybridized carbons (Fsp3) is 0.417. The minimum atomic E-state index is -0.499. The Morgan fingerprint density at radius 1 is 1.41 bits per heavy atom. The molecule has 0 spiro atoms. The standard InChI is InChI=1S/C12H14BrClO3/c1-12(2,3)17-11(15)7-16-8-4-5-10(14)9(13)6-8/h4-6H,7H2,1-3H3. The van der Waals surface area contributed by atoms with Crippen LogP contribution in [0.4, 0.5) is 0 Å². The Bertz CT molecular complexity index is 413. The number of ether oxygens (including phenoxy) is 2. The van der Waals surface area contributed by atoms with E-state index in [4.69, 9.17) is 21.1 Å². The van der Waals surface area contributed by atoms with Crippen molar-refractivity contribution in [1.82, 2.24) is 0 Å². The zero-order valence-corrected chi connectivity index (χ0v) is 12.3. The quantitative estimate of drug-likeness (QED) is 0.794. The summed E-state index contributed by atoms with van der Waals surface area (Å²) in [7, 11) is 0. The summed E-state index contributed by atoms with van der Waals surface area (Å²) in [5, 5.41) is 0.592. The van der Waals surface area contributed by atoms with Gasteiger partial charge in [0, 0.05) is 4.47 Å². The summed E-state index contributed by atoms with van der Waals surface area (Å²) in [5.41, 5.74) is -0.499. The van der Waals surface area contributed by atoms with Gasteiger partial charge in [-0.1, -0.05) is 11.6 Å². The molecule has 0 saturated heterocycles. The van der Waals surface area contributed by atoms with E-state index in [1.807, 2.05) is 20.8 Å². The van der Waals surface area contributed by atoms with E-state index in [9.17, 15) is 4.79 Å². The summed E-state index contributed by atoms with van der Waals surface area (Å²) < 4.78 is 11.1. The molecule has 3 nitrogen and oxygen atoms in total. The van der Waals surface area contributed by atoms with Crippen LogP contribution in [-0.4, -0.2) is 18.2 Å². The summed E-state index contributed by atoms with van der Waals surface area (Å²) in [4.78, 5) is 11.4. The molecule has 0 fully saturated rings. The van der Waals surface area contributed by atoms with Gasteiger partial charge >= 0.3 is 5.97 Å². The van der Waals surface area contributed by atoms with E-state index in [1.54, 1.807) is 18.2 Å². The van der Waals surface area contributed by atoms with Crippen molar-refractivity contribution in [3.63, 3.8) is 0 Å². The average molecular weight is 322 g/mol. The Labute approximate surface area is 114 Å². The van der Waals surface area contributed by atoms with Gasteiger partial charge in [0.25, 0.3) is 0 Å². The number of carbonyl (C=O) groups excluding carboxylic acids is 1. The van der Waals surface area contributed by atoms with E-state index in [1.165, 1.54) is 0 Å². The second-order valence-electron chi connectivity index (χ2n) is 4.45. The summed E-state index contributed by atoms with van der Waals surface area (Å²) in [6.45, 7) is 5.31. The Morgan fingerprint density at radius 3 is 2.59 bits per heavy atom. The van der Waals surface area contributed by atoms with Crippen LogP contribution in [0.3, 0.4) is 0 Å². The Morgan fingerprint density at radius 2 is 2.06 bits per heavy atom. The molecule has 0 atom stereocenters. The molecule has 94 valence electrons. The van der Waals surface area contributed by atoms with Gasteiger partial charge in [0.2, 0.25) is 0 Å². The minimum Gasteiger partial charge on any atom is -0.482 e. The summed E-state index contributed by atoms with van der Waals surface area (Å²) in [6, 6.07) is 5.08. The third-order valence-electron chi connectivity index (χ3n) is 1.67. The molecular formula is C12H14BrClO3. The van der Waals surface area contributed by atoms with Crippen LogP contribution in [0.5, 0.6) is 5.75 Å². The highest BCUT2D eigenvalue weighted by Crippen LogP contribution is 2.26. The molecular weight excluding hydrogens is 307 g/mol. The first kappa shape index (κ1) is 14.3. The van der Waals surface area contributed by atoms with Crippen LogP contribution in [0.15, 0.2) is 22.7 Å². The second-order valence-corrected chi connectivity index (χ2v) is 5.71. The summed E-state index contributed by atoms with van der Waals surface area (Å²) >= 11 is 9.11. The van der Waals surface area contributed by atoms with Crippen LogP contribution in [0.1, 0.15) is 20.8 Å². The van der Waals surface area contributed by atoms with Crippen molar-refractivity contribution < 1.29 is 14.3 Å². The van der Waals surface area contributed by atoms with Crippen LogP contribution in [0.2, 0.25) is 5.02 Å². The molecule has 0 aliphatic carbocycles. The van der Waals surface area contributed by atoms with Gasteiger partial charge in [-0.15, -0.1) is 0 Å². The molecule has 0 aliphatic rings. The molecule has 17 heavy (non-hydrogen) atoms. The molecule has 1 aromatic rings. The normalized spacial score (nSPS) is 11.1. The largest absolute Gasteiger partial charge is 0.482 e. The third kappa shape index (κ3) is 5.41. The average Bonchev–Trinajstić information content (AvgIpc) is 2.17. The lowest BCUT2D eigenvalue weighted by molar-refractivity contribution is -0.157. The molecule has 0 N–H and O–H groups in total. The first-order valence-electron chi connectivity index (χ1n) is 5.07. The molecule has 0 aromatic heterocycles. The number of halogens is 2. The first-order valence-corrected chi connectivity index (χ1v) is 6.25. The Kier molecular flexibility index (Phi) is 4.83. The van der Waals surface area contributed by atoms with Gasteiger partial charge in [-0.2, -0.15) is 0 Å². The molecule has 0 aliphatic heterocycles. The number of hydrogen-bond donors (Lipinski definition) is 0. The lowest BCUT2D eigenvalue weighted by atomic mass is 10.2. The topological polar surface area (TPSA) is 35.5 Å². The number of benzene rings is 1. The van der Waals surface area contributed by atoms with Gasteiger partial charge in [0.05, 0.1) is 5.02 Å². The highest BCUT2D eigenvalue weighted by molar-refractivity contribution is 9.10. The van der Waals surface area contributed by atoms with Crippen molar-refractivity contribution in [2.45, 2.75) is 26.4 Å². The van der Waals surface area contributed by atoms with Crippen molar-refractivity contribution in [2.24, 2.45) is 0 Å². The van der Waals surface area contributed by atoms with Gasteiger partial charge in [0.15, 0.2) is 6.61 Å². The number of esters is 1. The van der Waals surface area contributed by atoms with E-state index >= 15 is 0 Å². The van der Waals surface area contributed by atoms with Crippen molar-refractivity contribution >= 4 is 33.5 Å². The van der Waals surface area contributed by atoms with Crippen LogP contribution in [-0.2, 0) is 9.53 Å². The zero-order valence-electron chi connectivity index (χ0n) is 9.92. The Hall–Kier alpha value is -0.740. The number of carbonyl (C=O) groups is 1. The van der Waals surface area contributed by atoms with Gasteiger partial charge < -0.3 is 9.47 Å². The fourth-order valence-corrected chi connectivity index (χ4v) is 1.56. The molecule has 5 heteroatoms. The first-order chi connectivity index (χ1) is 7.78. The summed E-state index contributed by atoms with van der Waals surface area (Å²) in [5.74, 6) is 0.163. The van der Waals surface area contributed by atoms with Crippen molar-refractivity contribution in [2.75, 3.05) is 6.61 Å². The number of rotatable bonds is 3. The molecule has 0 unspecified atom stereocenters. The van der Waals surface area contributed by atoms with Crippen LogP contribution < -0.4 is 4.74 Å². The molecule has 0 radical (unpaired) electrons.